The molecule has 0 saturated heterocycles. The highest BCUT2D eigenvalue weighted by atomic mass is 16.5. The van der Waals surface area contributed by atoms with Gasteiger partial charge in [0.05, 0.1) is 14.2 Å². The minimum atomic E-state index is -0.838. The molecule has 0 fully saturated rings. The van der Waals surface area contributed by atoms with Gasteiger partial charge in [-0.2, -0.15) is 0 Å². The second kappa shape index (κ2) is 7.87. The molecule has 21 heavy (non-hydrogen) atoms. The molecule has 0 bridgehead atoms. The second-order valence-corrected chi connectivity index (χ2v) is 5.86. The molecule has 0 heterocycles. The molecule has 0 spiro atoms. The number of methoxy groups -OCH3 is 2. The molecule has 0 radical (unpaired) electrons. The van der Waals surface area contributed by atoms with Crippen molar-refractivity contribution in [3.05, 3.63) is 12.2 Å². The van der Waals surface area contributed by atoms with Gasteiger partial charge in [0.2, 0.25) is 0 Å². The van der Waals surface area contributed by atoms with Crippen LogP contribution in [0, 0.1) is 29.6 Å². The molecule has 1 rings (SSSR count). The zero-order chi connectivity index (χ0) is 15.9. The van der Waals surface area contributed by atoms with Crippen LogP contribution < -0.4 is 0 Å². The third-order valence-electron chi connectivity index (χ3n) is 4.13. The number of carbonyl (C=O) groups is 2. The zero-order valence-electron chi connectivity index (χ0n) is 13.1. The van der Waals surface area contributed by atoms with Crippen molar-refractivity contribution in [2.45, 2.75) is 39.0 Å². The summed E-state index contributed by atoms with van der Waals surface area (Å²) < 4.78 is 9.36. The minimum Gasteiger partial charge on any atom is -0.468 e. The summed E-state index contributed by atoms with van der Waals surface area (Å²) in [7, 11) is 2.57. The fourth-order valence-electron chi connectivity index (χ4n) is 2.85. The van der Waals surface area contributed by atoms with Gasteiger partial charge < -0.3 is 9.47 Å². The Hall–Kier alpha value is -1.76. The molecule has 0 aromatic carbocycles. The third kappa shape index (κ3) is 4.93. The van der Waals surface area contributed by atoms with E-state index in [1.165, 1.54) is 14.2 Å². The number of allylic oxidation sites excluding steroid dienone is 2. The Kier molecular flexibility index (Phi) is 6.48. The van der Waals surface area contributed by atoms with Crippen LogP contribution >= 0.6 is 0 Å². The van der Waals surface area contributed by atoms with E-state index >= 15 is 0 Å². The second-order valence-electron chi connectivity index (χ2n) is 5.86. The lowest BCUT2D eigenvalue weighted by atomic mass is 9.80. The van der Waals surface area contributed by atoms with Crippen LogP contribution in [0.3, 0.4) is 0 Å². The van der Waals surface area contributed by atoms with E-state index in [9.17, 15) is 9.59 Å². The number of terminal acetylenes is 1. The lowest BCUT2D eigenvalue weighted by molar-refractivity contribution is -0.159. The summed E-state index contributed by atoms with van der Waals surface area (Å²) in [5.41, 5.74) is -0.000438. The summed E-state index contributed by atoms with van der Waals surface area (Å²) in [5, 5.41) is 0. The first-order chi connectivity index (χ1) is 9.95. The van der Waals surface area contributed by atoms with Crippen molar-refractivity contribution in [3.8, 4) is 12.3 Å². The Morgan fingerprint density at radius 1 is 1.38 bits per heavy atom. The highest BCUT2D eigenvalue weighted by molar-refractivity contribution is 5.94. The SMILES string of the molecule is C#CCC[C@H]1C=C[C@](C)(CCC(C(=O)OC)C(=O)OC)C1. The molecule has 2 atom stereocenters. The van der Waals surface area contributed by atoms with Gasteiger partial charge in [-0.3, -0.25) is 9.59 Å². The van der Waals surface area contributed by atoms with Crippen molar-refractivity contribution in [1.82, 2.24) is 0 Å². The van der Waals surface area contributed by atoms with Gasteiger partial charge in [-0.1, -0.05) is 19.1 Å². The topological polar surface area (TPSA) is 52.6 Å². The van der Waals surface area contributed by atoms with Crippen molar-refractivity contribution in [2.75, 3.05) is 14.2 Å². The monoisotopic (exact) mass is 292 g/mol. The molecule has 116 valence electrons. The van der Waals surface area contributed by atoms with E-state index in [-0.39, 0.29) is 5.41 Å². The molecule has 0 N–H and O–H groups in total. The van der Waals surface area contributed by atoms with Crippen LogP contribution in [0.25, 0.3) is 0 Å². The van der Waals surface area contributed by atoms with Gasteiger partial charge >= 0.3 is 11.9 Å². The van der Waals surface area contributed by atoms with Gasteiger partial charge in [0.1, 0.15) is 0 Å². The Bertz CT molecular complexity index is 430. The predicted octanol–water partition coefficient (Wildman–Crippen LogP) is 2.72. The van der Waals surface area contributed by atoms with Crippen LogP contribution in [0.15, 0.2) is 12.2 Å². The smallest absolute Gasteiger partial charge is 0.320 e. The van der Waals surface area contributed by atoms with Crippen LogP contribution in [0.2, 0.25) is 0 Å². The van der Waals surface area contributed by atoms with E-state index in [0.29, 0.717) is 12.3 Å². The molecular weight excluding hydrogens is 268 g/mol. The quantitative estimate of drug-likeness (QED) is 0.313. The Balaban J connectivity index is 2.56. The van der Waals surface area contributed by atoms with Crippen molar-refractivity contribution in [1.29, 1.82) is 0 Å². The first-order valence-corrected chi connectivity index (χ1v) is 7.24. The fraction of sp³-hybridized carbons (Fsp3) is 0.647. The van der Waals surface area contributed by atoms with Gasteiger partial charge in [0.25, 0.3) is 0 Å². The van der Waals surface area contributed by atoms with Gasteiger partial charge in [0, 0.05) is 6.42 Å². The number of carbonyl (C=O) groups excluding carboxylic acids is 2. The maximum Gasteiger partial charge on any atom is 0.320 e. The fourth-order valence-corrected chi connectivity index (χ4v) is 2.85. The number of rotatable bonds is 7. The maximum atomic E-state index is 11.7. The van der Waals surface area contributed by atoms with Crippen LogP contribution in [-0.4, -0.2) is 26.2 Å². The maximum absolute atomic E-state index is 11.7. The molecule has 0 amide bonds. The van der Waals surface area contributed by atoms with Crippen LogP contribution in [0.4, 0.5) is 0 Å². The third-order valence-corrected chi connectivity index (χ3v) is 4.13. The number of hydrogen-bond acceptors (Lipinski definition) is 4. The molecular formula is C17H24O4. The molecule has 4 heteroatoms. The van der Waals surface area contributed by atoms with Crippen LogP contribution in [-0.2, 0) is 19.1 Å². The van der Waals surface area contributed by atoms with Crippen molar-refractivity contribution >= 4 is 11.9 Å². The predicted molar refractivity (Wildman–Crippen MR) is 80.2 cm³/mol. The van der Waals surface area contributed by atoms with Crippen molar-refractivity contribution < 1.29 is 19.1 Å². The van der Waals surface area contributed by atoms with E-state index < -0.39 is 17.9 Å². The Morgan fingerprint density at radius 3 is 2.52 bits per heavy atom. The Labute approximate surface area is 126 Å². The molecule has 4 nitrogen and oxygen atoms in total. The Morgan fingerprint density at radius 2 is 2.00 bits per heavy atom. The molecule has 0 unspecified atom stereocenters. The minimum absolute atomic E-state index is 0.000438. The van der Waals surface area contributed by atoms with E-state index in [1.54, 1.807) is 0 Å². The summed E-state index contributed by atoms with van der Waals surface area (Å²) in [6.45, 7) is 2.14. The standard InChI is InChI=1S/C17H24O4/c1-5-6-7-13-8-10-17(2,12-13)11-9-14(15(18)20-3)16(19)21-4/h1,8,10,13-14H,6-7,9,11-12H2,2-4H3/t13-,17+/m0/s1. The van der Waals surface area contributed by atoms with E-state index in [0.717, 1.165) is 25.7 Å². The van der Waals surface area contributed by atoms with Crippen molar-refractivity contribution in [2.24, 2.45) is 17.3 Å². The lowest BCUT2D eigenvalue weighted by Crippen LogP contribution is -2.28. The average Bonchev–Trinajstić information content (AvgIpc) is 2.86. The largest absolute Gasteiger partial charge is 0.468 e. The molecule has 1 aliphatic rings. The van der Waals surface area contributed by atoms with Gasteiger partial charge in [-0.05, 0) is 37.0 Å². The van der Waals surface area contributed by atoms with Gasteiger partial charge in [-0.15, -0.1) is 12.3 Å². The number of hydrogen-bond donors (Lipinski definition) is 0. The van der Waals surface area contributed by atoms with E-state index in [1.807, 2.05) is 0 Å². The molecule has 0 aromatic heterocycles. The first-order valence-electron chi connectivity index (χ1n) is 7.24. The first kappa shape index (κ1) is 17.3. The highest BCUT2D eigenvalue weighted by Crippen LogP contribution is 2.41. The molecule has 0 aromatic rings. The number of ether oxygens (including phenoxy) is 2. The van der Waals surface area contributed by atoms with Crippen LogP contribution in [0.1, 0.15) is 39.0 Å². The molecule has 0 aliphatic heterocycles. The molecule has 0 saturated carbocycles. The summed E-state index contributed by atoms with van der Waals surface area (Å²) in [4.78, 5) is 23.3. The van der Waals surface area contributed by atoms with Gasteiger partial charge in [-0.25, -0.2) is 0 Å². The van der Waals surface area contributed by atoms with Gasteiger partial charge in [0.15, 0.2) is 5.92 Å². The summed E-state index contributed by atoms with van der Waals surface area (Å²) in [6, 6.07) is 0. The number of esters is 2. The average molecular weight is 292 g/mol. The van der Waals surface area contributed by atoms with E-state index in [2.05, 4.69) is 34.5 Å². The van der Waals surface area contributed by atoms with E-state index in [4.69, 9.17) is 6.42 Å². The van der Waals surface area contributed by atoms with Crippen molar-refractivity contribution in [3.63, 3.8) is 0 Å². The summed E-state index contributed by atoms with van der Waals surface area (Å²) >= 11 is 0. The zero-order valence-corrected chi connectivity index (χ0v) is 13.1. The lowest BCUT2D eigenvalue weighted by Gasteiger charge is -2.25. The molecule has 1 aliphatic carbocycles. The highest BCUT2D eigenvalue weighted by Gasteiger charge is 2.34. The normalized spacial score (nSPS) is 23.9. The summed E-state index contributed by atoms with van der Waals surface area (Å²) in [6.07, 6.45) is 13.6. The van der Waals surface area contributed by atoms with Crippen LogP contribution in [0.5, 0.6) is 0 Å². The summed E-state index contributed by atoms with van der Waals surface area (Å²) in [5.74, 6) is 1.25.